The number of aromatic nitrogens is 2. The number of aryl methyl sites for hydroxylation is 1. The van der Waals surface area contributed by atoms with Crippen molar-refractivity contribution >= 4 is 33.3 Å². The number of ether oxygens (including phenoxy) is 2. The summed E-state index contributed by atoms with van der Waals surface area (Å²) in [7, 11) is 1.70. The zero-order valence-corrected chi connectivity index (χ0v) is 17.9. The molecule has 1 aliphatic rings. The van der Waals surface area contributed by atoms with E-state index < -0.39 is 0 Å². The average molecular weight is 407 g/mol. The minimum Gasteiger partial charge on any atom is -0.462 e. The number of hydrogen-bond acceptors (Lipinski definition) is 8. The number of likely N-dealkylation sites (tertiary alicyclic amines) is 1. The Kier molecular flexibility index (Phi) is 7.58. The summed E-state index contributed by atoms with van der Waals surface area (Å²) < 4.78 is 10.4. The molecule has 0 aromatic carbocycles. The van der Waals surface area contributed by atoms with Gasteiger partial charge in [-0.05, 0) is 51.8 Å². The molecule has 3 heterocycles. The normalized spacial score (nSPS) is 15.1. The van der Waals surface area contributed by atoms with Gasteiger partial charge in [0.1, 0.15) is 21.3 Å². The summed E-state index contributed by atoms with van der Waals surface area (Å²) in [6.45, 7) is 8.50. The van der Waals surface area contributed by atoms with Crippen molar-refractivity contribution in [2.45, 2.75) is 46.1 Å². The minimum atomic E-state index is -0.286. The van der Waals surface area contributed by atoms with Crippen LogP contribution in [-0.2, 0) is 16.0 Å². The number of esters is 1. The fourth-order valence-corrected chi connectivity index (χ4v) is 4.61. The van der Waals surface area contributed by atoms with Crippen LogP contribution in [0.2, 0.25) is 0 Å². The van der Waals surface area contributed by atoms with Gasteiger partial charge in [0.05, 0.1) is 18.5 Å². The van der Waals surface area contributed by atoms with E-state index in [0.717, 1.165) is 60.0 Å². The molecule has 154 valence electrons. The summed E-state index contributed by atoms with van der Waals surface area (Å²) in [6.07, 6.45) is 4.65. The van der Waals surface area contributed by atoms with Gasteiger partial charge in [-0.15, -0.1) is 11.3 Å². The fourth-order valence-electron chi connectivity index (χ4n) is 3.51. The quantitative estimate of drug-likeness (QED) is 0.503. The summed E-state index contributed by atoms with van der Waals surface area (Å²) in [4.78, 5) is 25.8. The van der Waals surface area contributed by atoms with E-state index in [1.165, 1.54) is 30.6 Å². The van der Waals surface area contributed by atoms with E-state index in [0.29, 0.717) is 18.1 Å². The number of hydrogen-bond donors (Lipinski definition) is 1. The van der Waals surface area contributed by atoms with Crippen molar-refractivity contribution in [2.24, 2.45) is 0 Å². The third kappa shape index (κ3) is 4.98. The van der Waals surface area contributed by atoms with Gasteiger partial charge in [0.2, 0.25) is 0 Å². The van der Waals surface area contributed by atoms with E-state index >= 15 is 0 Å². The van der Waals surface area contributed by atoms with Gasteiger partial charge in [-0.2, -0.15) is 0 Å². The Morgan fingerprint density at radius 1 is 1.25 bits per heavy atom. The van der Waals surface area contributed by atoms with Crippen LogP contribution < -0.4 is 5.32 Å². The van der Waals surface area contributed by atoms with E-state index in [9.17, 15) is 4.79 Å². The van der Waals surface area contributed by atoms with E-state index in [2.05, 4.69) is 10.2 Å². The molecule has 2 aromatic heterocycles. The minimum absolute atomic E-state index is 0.286. The second-order valence-corrected chi connectivity index (χ2v) is 8.05. The topological polar surface area (TPSA) is 76.6 Å². The van der Waals surface area contributed by atoms with Crippen molar-refractivity contribution in [2.75, 3.05) is 45.3 Å². The molecule has 0 radical (unpaired) electrons. The third-order valence-electron chi connectivity index (χ3n) is 4.93. The number of fused-ring (bicyclic) bond motifs is 1. The van der Waals surface area contributed by atoms with Crippen molar-refractivity contribution in [1.29, 1.82) is 0 Å². The summed E-state index contributed by atoms with van der Waals surface area (Å²) in [5.41, 5.74) is 0.886. The maximum Gasteiger partial charge on any atom is 0.348 e. The Morgan fingerprint density at radius 2 is 2.04 bits per heavy atom. The van der Waals surface area contributed by atoms with Crippen molar-refractivity contribution < 1.29 is 14.3 Å². The van der Waals surface area contributed by atoms with Gasteiger partial charge in [-0.1, -0.05) is 6.42 Å². The molecular weight excluding hydrogens is 376 g/mol. The summed E-state index contributed by atoms with van der Waals surface area (Å²) in [5.74, 6) is 1.32. The standard InChI is InChI=1S/C20H30N4O3S/c1-4-27-20(25)17-14(2)16-18(21-9-8-12-26-3)22-15(23-19(16)28-17)13-24-10-6-5-7-11-24/h4-13H2,1-3H3,(H,21,22,23). The predicted octanol–water partition coefficient (Wildman–Crippen LogP) is 3.61. The number of nitrogens with one attached hydrogen (secondary N) is 1. The summed E-state index contributed by atoms with van der Waals surface area (Å²) in [6, 6.07) is 0. The third-order valence-corrected chi connectivity index (χ3v) is 6.09. The Hall–Kier alpha value is -1.77. The van der Waals surface area contributed by atoms with Crippen molar-refractivity contribution in [3.63, 3.8) is 0 Å². The summed E-state index contributed by atoms with van der Waals surface area (Å²) >= 11 is 1.40. The molecule has 1 N–H and O–H groups in total. The number of rotatable bonds is 9. The number of carbonyl (C=O) groups excluding carboxylic acids is 1. The molecular formula is C20H30N4O3S. The zero-order chi connectivity index (χ0) is 19.9. The van der Waals surface area contributed by atoms with Gasteiger partial charge in [-0.3, -0.25) is 4.90 Å². The Balaban J connectivity index is 1.92. The molecule has 0 aliphatic carbocycles. The van der Waals surface area contributed by atoms with Crippen LogP contribution in [0.4, 0.5) is 5.82 Å². The average Bonchev–Trinajstić information content (AvgIpc) is 3.03. The number of carbonyl (C=O) groups is 1. The van der Waals surface area contributed by atoms with E-state index in [1.54, 1.807) is 7.11 Å². The molecule has 0 atom stereocenters. The Labute approximate surface area is 170 Å². The van der Waals surface area contributed by atoms with E-state index in [4.69, 9.17) is 19.4 Å². The fraction of sp³-hybridized carbons (Fsp3) is 0.650. The first-order valence-corrected chi connectivity index (χ1v) is 10.9. The maximum atomic E-state index is 12.3. The molecule has 1 aliphatic heterocycles. The zero-order valence-electron chi connectivity index (χ0n) is 17.0. The first-order valence-electron chi connectivity index (χ1n) is 10.1. The number of piperidine rings is 1. The largest absolute Gasteiger partial charge is 0.462 e. The highest BCUT2D eigenvalue weighted by molar-refractivity contribution is 7.20. The lowest BCUT2D eigenvalue weighted by Gasteiger charge is -2.25. The van der Waals surface area contributed by atoms with Crippen LogP contribution in [0, 0.1) is 6.92 Å². The van der Waals surface area contributed by atoms with Gasteiger partial charge in [0, 0.05) is 20.3 Å². The highest BCUT2D eigenvalue weighted by atomic mass is 32.1. The Bertz CT molecular complexity index is 802. The molecule has 0 bridgehead atoms. The SMILES string of the molecule is CCOC(=O)c1sc2nc(CN3CCCCC3)nc(NCCCOC)c2c1C. The lowest BCUT2D eigenvalue weighted by Crippen LogP contribution is -2.30. The second-order valence-electron chi connectivity index (χ2n) is 7.06. The molecule has 1 fully saturated rings. The highest BCUT2D eigenvalue weighted by Gasteiger charge is 2.22. The smallest absolute Gasteiger partial charge is 0.348 e. The van der Waals surface area contributed by atoms with Crippen LogP contribution in [0.1, 0.15) is 53.7 Å². The number of anilines is 1. The van der Waals surface area contributed by atoms with E-state index in [1.807, 2.05) is 13.8 Å². The van der Waals surface area contributed by atoms with Gasteiger partial charge in [0.25, 0.3) is 0 Å². The maximum absolute atomic E-state index is 12.3. The lowest BCUT2D eigenvalue weighted by atomic mass is 10.1. The predicted molar refractivity (Wildman–Crippen MR) is 112 cm³/mol. The molecule has 0 saturated carbocycles. The molecule has 28 heavy (non-hydrogen) atoms. The van der Waals surface area contributed by atoms with Crippen LogP contribution in [0.25, 0.3) is 10.2 Å². The van der Waals surface area contributed by atoms with Gasteiger partial charge in [0.15, 0.2) is 0 Å². The van der Waals surface area contributed by atoms with Crippen LogP contribution in [0.15, 0.2) is 0 Å². The van der Waals surface area contributed by atoms with Gasteiger partial charge in [-0.25, -0.2) is 14.8 Å². The van der Waals surface area contributed by atoms with Gasteiger partial charge < -0.3 is 14.8 Å². The highest BCUT2D eigenvalue weighted by Crippen LogP contribution is 2.34. The molecule has 8 heteroatoms. The molecule has 0 amide bonds. The van der Waals surface area contributed by atoms with Crippen molar-refractivity contribution in [3.05, 3.63) is 16.3 Å². The van der Waals surface area contributed by atoms with Gasteiger partial charge >= 0.3 is 5.97 Å². The van der Waals surface area contributed by atoms with Crippen LogP contribution >= 0.6 is 11.3 Å². The number of nitrogens with zero attached hydrogens (tertiary/aromatic N) is 3. The van der Waals surface area contributed by atoms with E-state index in [-0.39, 0.29) is 5.97 Å². The van der Waals surface area contributed by atoms with Crippen LogP contribution in [0.3, 0.4) is 0 Å². The molecule has 2 aromatic rings. The van der Waals surface area contributed by atoms with Crippen LogP contribution in [0.5, 0.6) is 0 Å². The molecule has 3 rings (SSSR count). The van der Waals surface area contributed by atoms with Crippen LogP contribution in [-0.4, -0.2) is 60.8 Å². The van der Waals surface area contributed by atoms with Crippen molar-refractivity contribution in [3.8, 4) is 0 Å². The second kappa shape index (κ2) is 10.1. The first-order chi connectivity index (χ1) is 13.6. The number of thiophene rings is 1. The molecule has 7 nitrogen and oxygen atoms in total. The van der Waals surface area contributed by atoms with Crippen molar-refractivity contribution in [1.82, 2.24) is 14.9 Å². The summed E-state index contributed by atoms with van der Waals surface area (Å²) in [5, 5.41) is 4.35. The first kappa shape index (κ1) is 21.0. The molecule has 0 spiro atoms. The number of methoxy groups -OCH3 is 1. The molecule has 1 saturated heterocycles. The lowest BCUT2D eigenvalue weighted by molar-refractivity contribution is 0.0531. The molecule has 0 unspecified atom stereocenters. The monoisotopic (exact) mass is 406 g/mol. The Morgan fingerprint density at radius 3 is 2.75 bits per heavy atom.